The van der Waals surface area contributed by atoms with Crippen LogP contribution in [0.25, 0.3) is 0 Å². The van der Waals surface area contributed by atoms with Crippen LogP contribution in [0.5, 0.6) is 5.75 Å². The molecule has 32 heavy (non-hydrogen) atoms. The van der Waals surface area contributed by atoms with Crippen LogP contribution in [0.2, 0.25) is 0 Å². The van der Waals surface area contributed by atoms with Crippen LogP contribution in [0, 0.1) is 6.92 Å². The first-order valence-electron chi connectivity index (χ1n) is 10.3. The molecule has 0 aliphatic heterocycles. The number of benzene rings is 2. The minimum Gasteiger partial charge on any atom is -0.496 e. The number of ether oxygens (including phenoxy) is 1. The number of aliphatic imine (C=N–C) groups is 1. The van der Waals surface area contributed by atoms with Crippen molar-refractivity contribution in [2.45, 2.75) is 51.1 Å². The van der Waals surface area contributed by atoms with Gasteiger partial charge in [0.15, 0.2) is 5.96 Å². The molecule has 0 bridgehead atoms. The number of aryl methyl sites for hydroxylation is 1. The molecule has 9 heteroatoms. The highest BCUT2D eigenvalue weighted by Crippen LogP contribution is 2.19. The number of methoxy groups -OCH3 is 1. The fourth-order valence-corrected chi connectivity index (χ4v) is 4.77. The van der Waals surface area contributed by atoms with Crippen LogP contribution in [-0.2, 0) is 23.0 Å². The van der Waals surface area contributed by atoms with Gasteiger partial charge in [0.25, 0.3) is 0 Å². The van der Waals surface area contributed by atoms with Gasteiger partial charge in [0.2, 0.25) is 10.0 Å². The molecule has 0 heterocycles. The maximum Gasteiger partial charge on any atom is 0.241 e. The number of nitrogens with zero attached hydrogens (tertiary/aromatic N) is 1. The third-order valence-electron chi connectivity index (χ3n) is 4.55. The van der Waals surface area contributed by atoms with Crippen molar-refractivity contribution in [1.82, 2.24) is 15.4 Å². The first-order chi connectivity index (χ1) is 14.6. The summed E-state index contributed by atoms with van der Waals surface area (Å²) in [5, 5.41) is 6.47. The smallest absolute Gasteiger partial charge is 0.241 e. The van der Waals surface area contributed by atoms with Crippen LogP contribution in [0.4, 0.5) is 0 Å². The Hall–Kier alpha value is -1.85. The van der Waals surface area contributed by atoms with E-state index in [1.165, 1.54) is 0 Å². The van der Waals surface area contributed by atoms with Crippen LogP contribution in [0.15, 0.2) is 52.4 Å². The van der Waals surface area contributed by atoms with Crippen LogP contribution in [0.1, 0.15) is 37.5 Å². The van der Waals surface area contributed by atoms with E-state index in [4.69, 9.17) is 4.74 Å². The van der Waals surface area contributed by atoms with Crippen molar-refractivity contribution in [2.75, 3.05) is 20.7 Å². The van der Waals surface area contributed by atoms with Gasteiger partial charge in [-0.1, -0.05) is 30.3 Å². The average molecular weight is 575 g/mol. The molecule has 0 amide bonds. The largest absolute Gasteiger partial charge is 0.496 e. The minimum absolute atomic E-state index is 0. The van der Waals surface area contributed by atoms with Crippen LogP contribution in [-0.4, -0.2) is 40.6 Å². The van der Waals surface area contributed by atoms with E-state index in [2.05, 4.69) is 26.4 Å². The Morgan fingerprint density at radius 3 is 2.41 bits per heavy atom. The summed E-state index contributed by atoms with van der Waals surface area (Å²) in [6.07, 6.45) is 0.803. The second kappa shape index (κ2) is 12.4. The minimum atomic E-state index is -3.63. The van der Waals surface area contributed by atoms with Gasteiger partial charge in [-0.2, -0.15) is 0 Å². The summed E-state index contributed by atoms with van der Waals surface area (Å²) in [4.78, 5) is 4.50. The van der Waals surface area contributed by atoms with Crippen molar-refractivity contribution in [3.63, 3.8) is 0 Å². The maximum absolute atomic E-state index is 12.8. The molecular weight excluding hydrogens is 539 g/mol. The van der Waals surface area contributed by atoms with E-state index < -0.39 is 15.6 Å². The molecule has 7 nitrogen and oxygen atoms in total. The maximum atomic E-state index is 12.8. The molecular formula is C23H35IN4O3S. The second-order valence-electron chi connectivity index (χ2n) is 8.37. The lowest BCUT2D eigenvalue weighted by molar-refractivity contribution is 0.411. The molecule has 0 fully saturated rings. The average Bonchev–Trinajstić information content (AvgIpc) is 2.70. The fourth-order valence-electron chi connectivity index (χ4n) is 3.11. The Labute approximate surface area is 209 Å². The van der Waals surface area contributed by atoms with Crippen molar-refractivity contribution in [3.8, 4) is 5.75 Å². The number of hydrogen-bond donors (Lipinski definition) is 3. The standard InChI is InChI=1S/C23H34N4O3S.HI/c1-17-11-12-18(15-20(17)30-6)13-14-25-22(24-5)26-16-19-9-7-8-10-21(19)31(28,29)27-23(2,3)4;/h7-12,15,27H,13-14,16H2,1-6H3,(H2,24,25,26);1H. The van der Waals surface area contributed by atoms with Crippen LogP contribution in [0.3, 0.4) is 0 Å². The fraction of sp³-hybridized carbons (Fsp3) is 0.435. The van der Waals surface area contributed by atoms with E-state index in [0.717, 1.165) is 23.3 Å². The monoisotopic (exact) mass is 574 g/mol. The Bertz CT molecular complexity index is 1020. The Morgan fingerprint density at radius 2 is 1.78 bits per heavy atom. The third-order valence-corrected chi connectivity index (χ3v) is 6.41. The first kappa shape index (κ1) is 28.2. The molecule has 0 aliphatic carbocycles. The molecule has 2 aromatic carbocycles. The van der Waals surface area contributed by atoms with Gasteiger partial charge in [-0.15, -0.1) is 24.0 Å². The highest BCUT2D eigenvalue weighted by atomic mass is 127. The highest BCUT2D eigenvalue weighted by molar-refractivity contribution is 14.0. The third kappa shape index (κ3) is 8.59. The summed E-state index contributed by atoms with van der Waals surface area (Å²) in [6.45, 7) is 8.49. The molecule has 0 saturated heterocycles. The number of halogens is 1. The molecule has 2 aromatic rings. The lowest BCUT2D eigenvalue weighted by Crippen LogP contribution is -2.41. The molecule has 3 N–H and O–H groups in total. The van der Waals surface area contributed by atoms with Crippen molar-refractivity contribution < 1.29 is 13.2 Å². The van der Waals surface area contributed by atoms with E-state index in [1.54, 1.807) is 32.4 Å². The van der Waals surface area contributed by atoms with Crippen molar-refractivity contribution in [1.29, 1.82) is 0 Å². The zero-order chi connectivity index (χ0) is 23.1. The van der Waals surface area contributed by atoms with E-state index in [0.29, 0.717) is 24.6 Å². The summed E-state index contributed by atoms with van der Waals surface area (Å²) in [7, 11) is -0.268. The second-order valence-corrected chi connectivity index (χ2v) is 10.0. The Morgan fingerprint density at radius 1 is 1.09 bits per heavy atom. The summed E-state index contributed by atoms with van der Waals surface area (Å²) in [6, 6.07) is 13.1. The van der Waals surface area contributed by atoms with Crippen molar-refractivity contribution >= 4 is 40.0 Å². The molecule has 0 atom stereocenters. The van der Waals surface area contributed by atoms with Crippen molar-refractivity contribution in [3.05, 3.63) is 59.2 Å². The Balaban J connectivity index is 0.00000512. The SMILES string of the molecule is CN=C(NCCc1ccc(C)c(OC)c1)NCc1ccccc1S(=O)(=O)NC(C)(C)C.I. The van der Waals surface area contributed by atoms with E-state index in [1.807, 2.05) is 45.9 Å². The predicted molar refractivity (Wildman–Crippen MR) is 142 cm³/mol. The zero-order valence-corrected chi connectivity index (χ0v) is 22.8. The molecule has 0 unspecified atom stereocenters. The number of hydrogen-bond acceptors (Lipinski definition) is 4. The molecule has 0 saturated carbocycles. The quantitative estimate of drug-likeness (QED) is 0.255. The normalized spacial score (nSPS) is 12.1. The number of sulfonamides is 1. The van der Waals surface area contributed by atoms with Gasteiger partial charge in [0.1, 0.15) is 5.75 Å². The number of nitrogens with one attached hydrogen (secondary N) is 3. The zero-order valence-electron chi connectivity index (χ0n) is 19.7. The van der Waals surface area contributed by atoms with Crippen LogP contribution >= 0.6 is 24.0 Å². The molecule has 0 aliphatic rings. The predicted octanol–water partition coefficient (Wildman–Crippen LogP) is 3.61. The highest BCUT2D eigenvalue weighted by Gasteiger charge is 2.24. The summed E-state index contributed by atoms with van der Waals surface area (Å²) in [5.41, 5.74) is 2.38. The van der Waals surface area contributed by atoms with Crippen LogP contribution < -0.4 is 20.1 Å². The Kier molecular flexibility index (Phi) is 10.9. The summed E-state index contributed by atoms with van der Waals surface area (Å²) >= 11 is 0. The van der Waals surface area contributed by atoms with Crippen molar-refractivity contribution in [2.24, 2.45) is 4.99 Å². The lowest BCUT2D eigenvalue weighted by Gasteiger charge is -2.22. The molecule has 178 valence electrons. The van der Waals surface area contributed by atoms with Gasteiger partial charge in [0, 0.05) is 25.7 Å². The van der Waals surface area contributed by atoms with Gasteiger partial charge in [-0.05, 0) is 62.9 Å². The molecule has 2 rings (SSSR count). The lowest BCUT2D eigenvalue weighted by atomic mass is 10.1. The van der Waals surface area contributed by atoms with Gasteiger partial charge in [-0.3, -0.25) is 4.99 Å². The number of guanidine groups is 1. The van der Waals surface area contributed by atoms with Gasteiger partial charge in [-0.25, -0.2) is 13.1 Å². The molecule has 0 aromatic heterocycles. The first-order valence-corrected chi connectivity index (χ1v) is 11.7. The van der Waals surface area contributed by atoms with E-state index in [-0.39, 0.29) is 28.9 Å². The van der Waals surface area contributed by atoms with Gasteiger partial charge >= 0.3 is 0 Å². The molecule has 0 spiro atoms. The summed E-state index contributed by atoms with van der Waals surface area (Å²) < 4.78 is 33.7. The van der Waals surface area contributed by atoms with E-state index in [9.17, 15) is 8.42 Å². The molecule has 0 radical (unpaired) electrons. The van der Waals surface area contributed by atoms with Gasteiger partial charge < -0.3 is 15.4 Å². The number of rotatable bonds is 8. The topological polar surface area (TPSA) is 91.8 Å². The summed E-state index contributed by atoms with van der Waals surface area (Å²) in [5.74, 6) is 1.48. The van der Waals surface area contributed by atoms with E-state index >= 15 is 0 Å². The van der Waals surface area contributed by atoms with Gasteiger partial charge in [0.05, 0.1) is 12.0 Å².